The Labute approximate surface area is 129 Å². The van der Waals surface area contributed by atoms with Crippen molar-refractivity contribution in [2.24, 2.45) is 0 Å². The number of halogens is 2. The van der Waals surface area contributed by atoms with Crippen LogP contribution in [0.2, 0.25) is 5.02 Å². The molecule has 0 amide bonds. The molecule has 1 heterocycles. The number of benzene rings is 2. The molecule has 0 saturated carbocycles. The Hall–Kier alpha value is -1.80. The maximum Gasteiger partial charge on any atom is 0.125 e. The topological polar surface area (TPSA) is 3.24 Å². The zero-order valence-electron chi connectivity index (χ0n) is 12.1. The smallest absolute Gasteiger partial charge is 0.125 e. The van der Waals surface area contributed by atoms with Crippen LogP contribution < -0.4 is 4.90 Å². The third kappa shape index (κ3) is 2.81. The molecule has 2 aromatic rings. The summed E-state index contributed by atoms with van der Waals surface area (Å²) < 4.78 is 13.4. The highest BCUT2D eigenvalue weighted by Crippen LogP contribution is 2.34. The van der Waals surface area contributed by atoms with E-state index in [2.05, 4.69) is 30.0 Å². The van der Waals surface area contributed by atoms with Crippen LogP contribution in [0, 0.1) is 5.82 Å². The van der Waals surface area contributed by atoms with Crippen molar-refractivity contribution in [3.8, 4) is 0 Å². The lowest BCUT2D eigenvalue weighted by Crippen LogP contribution is -2.26. The maximum atomic E-state index is 13.4. The fourth-order valence-corrected chi connectivity index (χ4v) is 2.93. The molecule has 0 fully saturated rings. The van der Waals surface area contributed by atoms with Gasteiger partial charge in [0.1, 0.15) is 5.82 Å². The van der Waals surface area contributed by atoms with Crippen molar-refractivity contribution in [3.63, 3.8) is 0 Å². The van der Waals surface area contributed by atoms with Crippen molar-refractivity contribution in [1.82, 2.24) is 0 Å². The molecule has 108 valence electrons. The summed E-state index contributed by atoms with van der Waals surface area (Å²) in [5, 5.41) is 0.751. The van der Waals surface area contributed by atoms with E-state index in [0.717, 1.165) is 22.8 Å². The second-order valence-corrected chi connectivity index (χ2v) is 5.99. The fraction of sp³-hybridized carbons (Fsp3) is 0.222. The van der Waals surface area contributed by atoms with E-state index in [1.807, 2.05) is 25.2 Å². The molecule has 0 aliphatic carbocycles. The lowest BCUT2D eigenvalue weighted by atomic mass is 9.89. The molecule has 0 radical (unpaired) electrons. The molecule has 0 aromatic heterocycles. The van der Waals surface area contributed by atoms with Gasteiger partial charge in [-0.1, -0.05) is 36.7 Å². The van der Waals surface area contributed by atoms with Crippen LogP contribution in [0.3, 0.4) is 0 Å². The van der Waals surface area contributed by atoms with E-state index in [1.165, 1.54) is 17.2 Å². The van der Waals surface area contributed by atoms with Gasteiger partial charge in [0.25, 0.3) is 0 Å². The normalized spacial score (nSPS) is 15.4. The number of rotatable bonds is 2. The number of hydrogen-bond acceptors (Lipinski definition) is 1. The molecule has 3 heteroatoms. The molecule has 3 rings (SSSR count). The first-order chi connectivity index (χ1) is 10.0. The Kier molecular flexibility index (Phi) is 3.73. The van der Waals surface area contributed by atoms with Crippen molar-refractivity contribution in [2.75, 3.05) is 18.5 Å². The number of fused-ring (bicyclic) bond motifs is 1. The molecule has 2 aromatic carbocycles. The zero-order chi connectivity index (χ0) is 15.0. The minimum Gasteiger partial charge on any atom is -0.370 e. The monoisotopic (exact) mass is 301 g/mol. The second kappa shape index (κ2) is 5.53. The molecule has 21 heavy (non-hydrogen) atoms. The standard InChI is InChI=1S/C18H17ClFN/c1-12(13-3-6-16(19)7-4-13)15-9-14-5-8-17(20)10-18(14)21(2)11-15/h3-10,12H,11H2,1-2H3. The van der Waals surface area contributed by atoms with Gasteiger partial charge in [0.2, 0.25) is 0 Å². The number of likely N-dealkylation sites (N-methyl/N-ethyl adjacent to an activating group) is 1. The van der Waals surface area contributed by atoms with Crippen LogP contribution in [0.1, 0.15) is 24.0 Å². The lowest BCUT2D eigenvalue weighted by molar-refractivity contribution is 0.627. The van der Waals surface area contributed by atoms with E-state index in [4.69, 9.17) is 11.6 Å². The Morgan fingerprint density at radius 3 is 2.57 bits per heavy atom. The van der Waals surface area contributed by atoms with E-state index < -0.39 is 0 Å². The van der Waals surface area contributed by atoms with Crippen LogP contribution in [0.4, 0.5) is 10.1 Å². The van der Waals surface area contributed by atoms with Crippen molar-refractivity contribution in [1.29, 1.82) is 0 Å². The van der Waals surface area contributed by atoms with Gasteiger partial charge < -0.3 is 4.90 Å². The van der Waals surface area contributed by atoms with E-state index in [-0.39, 0.29) is 5.82 Å². The molecule has 1 nitrogen and oxygen atoms in total. The second-order valence-electron chi connectivity index (χ2n) is 5.55. The van der Waals surface area contributed by atoms with Crippen LogP contribution in [0.15, 0.2) is 48.0 Å². The SMILES string of the molecule is CC(C1=Cc2ccc(F)cc2N(C)C1)c1ccc(Cl)cc1. The van der Waals surface area contributed by atoms with Gasteiger partial charge in [0, 0.05) is 30.2 Å². The van der Waals surface area contributed by atoms with Gasteiger partial charge in [0.15, 0.2) is 0 Å². The zero-order valence-corrected chi connectivity index (χ0v) is 12.9. The molecule has 1 atom stereocenters. The average molecular weight is 302 g/mol. The maximum absolute atomic E-state index is 13.4. The Morgan fingerprint density at radius 2 is 1.86 bits per heavy atom. The molecule has 0 N–H and O–H groups in total. The Bertz CT molecular complexity index is 691. The van der Waals surface area contributed by atoms with E-state index in [9.17, 15) is 4.39 Å². The van der Waals surface area contributed by atoms with Crippen LogP contribution in [0.5, 0.6) is 0 Å². The summed E-state index contributed by atoms with van der Waals surface area (Å²) in [5.74, 6) is 0.117. The van der Waals surface area contributed by atoms with Crippen molar-refractivity contribution in [3.05, 3.63) is 70.0 Å². The van der Waals surface area contributed by atoms with Crippen molar-refractivity contribution < 1.29 is 4.39 Å². The molecule has 1 aliphatic heterocycles. The average Bonchev–Trinajstić information content (AvgIpc) is 2.48. The van der Waals surface area contributed by atoms with Gasteiger partial charge in [0.05, 0.1) is 0 Å². The van der Waals surface area contributed by atoms with Gasteiger partial charge in [-0.25, -0.2) is 4.39 Å². The number of nitrogens with zero attached hydrogens (tertiary/aromatic N) is 1. The van der Waals surface area contributed by atoms with Crippen molar-refractivity contribution in [2.45, 2.75) is 12.8 Å². The minimum atomic E-state index is -0.191. The van der Waals surface area contributed by atoms with Gasteiger partial charge in [-0.3, -0.25) is 0 Å². The van der Waals surface area contributed by atoms with Gasteiger partial charge in [-0.05, 0) is 47.0 Å². The Morgan fingerprint density at radius 1 is 1.14 bits per heavy atom. The largest absolute Gasteiger partial charge is 0.370 e. The highest BCUT2D eigenvalue weighted by Gasteiger charge is 2.20. The molecular formula is C18H17ClFN. The molecule has 0 bridgehead atoms. The predicted molar refractivity (Wildman–Crippen MR) is 87.5 cm³/mol. The van der Waals surface area contributed by atoms with Crippen LogP contribution >= 0.6 is 11.6 Å². The van der Waals surface area contributed by atoms with E-state index in [1.54, 1.807) is 6.07 Å². The summed E-state index contributed by atoms with van der Waals surface area (Å²) in [7, 11) is 2.00. The fourth-order valence-electron chi connectivity index (χ4n) is 2.80. The third-order valence-electron chi connectivity index (χ3n) is 4.09. The number of anilines is 1. The molecule has 1 aliphatic rings. The number of hydrogen-bond donors (Lipinski definition) is 0. The molecule has 0 saturated heterocycles. The van der Waals surface area contributed by atoms with Gasteiger partial charge in [-0.2, -0.15) is 0 Å². The summed E-state index contributed by atoms with van der Waals surface area (Å²) >= 11 is 5.95. The first kappa shape index (κ1) is 14.2. The van der Waals surface area contributed by atoms with Gasteiger partial charge in [-0.15, -0.1) is 0 Å². The molecule has 0 spiro atoms. The lowest BCUT2D eigenvalue weighted by Gasteiger charge is -2.30. The first-order valence-electron chi connectivity index (χ1n) is 7.01. The van der Waals surface area contributed by atoms with Crippen LogP contribution in [0.25, 0.3) is 6.08 Å². The summed E-state index contributed by atoms with van der Waals surface area (Å²) in [5.41, 5.74) is 4.58. The Balaban J connectivity index is 1.96. The van der Waals surface area contributed by atoms with Gasteiger partial charge >= 0.3 is 0 Å². The predicted octanol–water partition coefficient (Wildman–Crippen LogP) is 5.12. The summed E-state index contributed by atoms with van der Waals surface area (Å²) in [6, 6.07) is 12.9. The highest BCUT2D eigenvalue weighted by atomic mass is 35.5. The van der Waals surface area contributed by atoms with E-state index >= 15 is 0 Å². The van der Waals surface area contributed by atoms with Crippen LogP contribution in [-0.2, 0) is 0 Å². The summed E-state index contributed by atoms with van der Waals surface area (Å²) in [6.45, 7) is 3.00. The van der Waals surface area contributed by atoms with Crippen LogP contribution in [-0.4, -0.2) is 13.6 Å². The highest BCUT2D eigenvalue weighted by molar-refractivity contribution is 6.30. The summed E-state index contributed by atoms with van der Waals surface area (Å²) in [4.78, 5) is 2.10. The summed E-state index contributed by atoms with van der Waals surface area (Å²) in [6.07, 6.45) is 2.17. The quantitative estimate of drug-likeness (QED) is 0.744. The third-order valence-corrected chi connectivity index (χ3v) is 4.34. The minimum absolute atomic E-state index is 0.191. The van der Waals surface area contributed by atoms with Crippen molar-refractivity contribution >= 4 is 23.4 Å². The molecule has 1 unspecified atom stereocenters. The molecular weight excluding hydrogens is 285 g/mol. The van der Waals surface area contributed by atoms with E-state index in [0.29, 0.717) is 5.92 Å². The first-order valence-corrected chi connectivity index (χ1v) is 7.39.